The molecule has 0 aromatic carbocycles. The Hall–Kier alpha value is -1.38. The Morgan fingerprint density at radius 1 is 1.64 bits per heavy atom. The molecule has 1 N–H and O–H groups in total. The number of pyridine rings is 1. The topological polar surface area (TPSA) is 42.0 Å². The normalized spacial score (nSPS) is 19.9. The number of hydrogen-bond donors (Lipinski definition) is 1. The predicted molar refractivity (Wildman–Crippen MR) is 53.9 cm³/mol. The first-order valence-electron chi connectivity index (χ1n) is 4.95. The molecule has 1 aromatic heterocycles. The van der Waals surface area contributed by atoms with E-state index in [-0.39, 0.29) is 11.9 Å². The van der Waals surface area contributed by atoms with Gasteiger partial charge in [0.15, 0.2) is 0 Å². The van der Waals surface area contributed by atoms with E-state index in [1.165, 1.54) is 5.56 Å². The lowest BCUT2D eigenvalue weighted by molar-refractivity contribution is -0.119. The summed E-state index contributed by atoms with van der Waals surface area (Å²) < 4.78 is 0. The third-order valence-corrected chi connectivity index (χ3v) is 2.59. The quantitative estimate of drug-likeness (QED) is 0.720. The van der Waals surface area contributed by atoms with E-state index in [0.29, 0.717) is 0 Å². The lowest BCUT2D eigenvalue weighted by atomic mass is 9.92. The maximum absolute atomic E-state index is 10.9. The number of carbonyl (C=O) groups is 1. The third kappa shape index (κ3) is 1.92. The second-order valence-electron chi connectivity index (χ2n) is 3.75. The van der Waals surface area contributed by atoms with E-state index in [9.17, 15) is 4.79 Å². The van der Waals surface area contributed by atoms with Gasteiger partial charge in [-0.15, -0.1) is 0 Å². The van der Waals surface area contributed by atoms with E-state index in [0.717, 1.165) is 25.0 Å². The zero-order valence-corrected chi connectivity index (χ0v) is 8.29. The molecule has 1 amide bonds. The number of nitrogens with one attached hydrogen (secondary N) is 1. The van der Waals surface area contributed by atoms with Gasteiger partial charge in [0.05, 0.1) is 0 Å². The van der Waals surface area contributed by atoms with Crippen LogP contribution in [0.1, 0.15) is 24.6 Å². The van der Waals surface area contributed by atoms with Crippen LogP contribution in [0.25, 0.3) is 0 Å². The summed E-state index contributed by atoms with van der Waals surface area (Å²) in [7, 11) is 0. The molecule has 0 saturated carbocycles. The van der Waals surface area contributed by atoms with Crippen LogP contribution >= 0.6 is 0 Å². The molecule has 1 aromatic rings. The molecule has 0 aliphatic heterocycles. The number of nitrogens with zero attached hydrogens (tertiary/aromatic N) is 1. The highest BCUT2D eigenvalue weighted by molar-refractivity contribution is 5.73. The zero-order chi connectivity index (χ0) is 9.97. The van der Waals surface area contributed by atoms with Crippen molar-refractivity contribution in [3.8, 4) is 0 Å². The third-order valence-electron chi connectivity index (χ3n) is 2.59. The molecule has 1 aliphatic carbocycles. The number of aromatic nitrogens is 1. The number of aryl methyl sites for hydroxylation is 1. The van der Waals surface area contributed by atoms with E-state index in [4.69, 9.17) is 0 Å². The van der Waals surface area contributed by atoms with Gasteiger partial charge in [0.25, 0.3) is 0 Å². The fraction of sp³-hybridized carbons (Fsp3) is 0.455. The molecule has 0 spiro atoms. The first-order valence-corrected chi connectivity index (χ1v) is 4.95. The van der Waals surface area contributed by atoms with Crippen LogP contribution in [0, 0.1) is 0 Å². The highest BCUT2D eigenvalue weighted by Crippen LogP contribution is 2.18. The van der Waals surface area contributed by atoms with Gasteiger partial charge in [-0.2, -0.15) is 0 Å². The van der Waals surface area contributed by atoms with E-state index < -0.39 is 0 Å². The molecule has 74 valence electrons. The summed E-state index contributed by atoms with van der Waals surface area (Å²) in [6, 6.07) is 4.36. The van der Waals surface area contributed by atoms with Crippen molar-refractivity contribution in [3.05, 3.63) is 29.6 Å². The molecule has 0 unspecified atom stereocenters. The molecule has 3 heteroatoms. The summed E-state index contributed by atoms with van der Waals surface area (Å²) in [5.74, 6) is 0.0504. The van der Waals surface area contributed by atoms with Crippen molar-refractivity contribution in [1.29, 1.82) is 0 Å². The van der Waals surface area contributed by atoms with Crippen LogP contribution in [0.15, 0.2) is 18.3 Å². The second kappa shape index (κ2) is 3.78. The number of rotatable bonds is 1. The highest BCUT2D eigenvalue weighted by atomic mass is 16.1. The first kappa shape index (κ1) is 9.19. The summed E-state index contributed by atoms with van der Waals surface area (Å²) in [4.78, 5) is 15.2. The second-order valence-corrected chi connectivity index (χ2v) is 3.75. The van der Waals surface area contributed by atoms with Gasteiger partial charge >= 0.3 is 0 Å². The van der Waals surface area contributed by atoms with Gasteiger partial charge in [0.2, 0.25) is 5.91 Å². The smallest absolute Gasteiger partial charge is 0.217 e. The standard InChI is InChI=1S/C11H14N2O/c1-8(14)13-10-5-4-9-3-2-6-12-11(9)7-10/h2-3,6,10H,4-5,7H2,1H3,(H,13,14)/t10-/m0/s1. The van der Waals surface area contributed by atoms with Crippen molar-refractivity contribution >= 4 is 5.91 Å². The molecule has 3 nitrogen and oxygen atoms in total. The van der Waals surface area contributed by atoms with Crippen LogP contribution in [0.4, 0.5) is 0 Å². The number of fused-ring (bicyclic) bond motifs is 1. The summed E-state index contributed by atoms with van der Waals surface area (Å²) in [6.07, 6.45) is 4.73. The lowest BCUT2D eigenvalue weighted by Gasteiger charge is -2.23. The number of hydrogen-bond acceptors (Lipinski definition) is 2. The van der Waals surface area contributed by atoms with Gasteiger partial charge in [0.1, 0.15) is 0 Å². The maximum Gasteiger partial charge on any atom is 0.217 e. The van der Waals surface area contributed by atoms with E-state index in [1.807, 2.05) is 12.3 Å². The van der Waals surface area contributed by atoms with Gasteiger partial charge in [-0.25, -0.2) is 0 Å². The van der Waals surface area contributed by atoms with Crippen molar-refractivity contribution in [1.82, 2.24) is 10.3 Å². The Balaban J connectivity index is 2.09. The summed E-state index contributed by atoms with van der Waals surface area (Å²) in [6.45, 7) is 1.56. The van der Waals surface area contributed by atoms with Crippen LogP contribution in [0.3, 0.4) is 0 Å². The summed E-state index contributed by atoms with van der Waals surface area (Å²) in [5, 5.41) is 2.94. The van der Waals surface area contributed by atoms with Crippen molar-refractivity contribution in [2.45, 2.75) is 32.2 Å². The van der Waals surface area contributed by atoms with Crippen molar-refractivity contribution in [2.75, 3.05) is 0 Å². The SMILES string of the molecule is CC(=O)N[C@H]1CCc2cccnc2C1. The van der Waals surface area contributed by atoms with Crippen molar-refractivity contribution < 1.29 is 4.79 Å². The Morgan fingerprint density at radius 2 is 2.50 bits per heavy atom. The molecule has 1 aliphatic rings. The highest BCUT2D eigenvalue weighted by Gasteiger charge is 2.19. The number of amides is 1. The average Bonchev–Trinajstić information content (AvgIpc) is 2.17. The molecular formula is C11H14N2O. The minimum Gasteiger partial charge on any atom is -0.353 e. The maximum atomic E-state index is 10.9. The molecule has 1 heterocycles. The molecular weight excluding hydrogens is 176 g/mol. The minimum atomic E-state index is 0.0504. The largest absolute Gasteiger partial charge is 0.353 e. The fourth-order valence-corrected chi connectivity index (χ4v) is 1.96. The Kier molecular flexibility index (Phi) is 2.48. The molecule has 1 atom stereocenters. The molecule has 0 fully saturated rings. The Morgan fingerprint density at radius 3 is 3.29 bits per heavy atom. The fourth-order valence-electron chi connectivity index (χ4n) is 1.96. The van der Waals surface area contributed by atoms with Gasteiger partial charge in [-0.3, -0.25) is 9.78 Å². The Labute approximate surface area is 83.5 Å². The van der Waals surface area contributed by atoms with Crippen molar-refractivity contribution in [2.24, 2.45) is 0 Å². The van der Waals surface area contributed by atoms with E-state index >= 15 is 0 Å². The zero-order valence-electron chi connectivity index (χ0n) is 8.29. The van der Waals surface area contributed by atoms with E-state index in [2.05, 4.69) is 16.4 Å². The average molecular weight is 190 g/mol. The Bertz CT molecular complexity index is 349. The van der Waals surface area contributed by atoms with Crippen LogP contribution in [-0.4, -0.2) is 16.9 Å². The molecule has 14 heavy (non-hydrogen) atoms. The summed E-state index contributed by atoms with van der Waals surface area (Å²) in [5.41, 5.74) is 2.46. The van der Waals surface area contributed by atoms with Crippen LogP contribution in [0.2, 0.25) is 0 Å². The molecule has 0 bridgehead atoms. The van der Waals surface area contributed by atoms with Gasteiger partial charge in [0, 0.05) is 31.3 Å². The molecule has 0 saturated heterocycles. The molecule has 0 radical (unpaired) electrons. The number of carbonyl (C=O) groups excluding carboxylic acids is 1. The van der Waals surface area contributed by atoms with Crippen molar-refractivity contribution in [3.63, 3.8) is 0 Å². The van der Waals surface area contributed by atoms with Crippen LogP contribution in [-0.2, 0) is 17.6 Å². The lowest BCUT2D eigenvalue weighted by Crippen LogP contribution is -2.37. The van der Waals surface area contributed by atoms with Gasteiger partial charge in [-0.1, -0.05) is 6.07 Å². The van der Waals surface area contributed by atoms with E-state index in [1.54, 1.807) is 6.92 Å². The molecule has 2 rings (SSSR count). The van der Waals surface area contributed by atoms with Crippen LogP contribution < -0.4 is 5.32 Å². The minimum absolute atomic E-state index is 0.0504. The van der Waals surface area contributed by atoms with Gasteiger partial charge < -0.3 is 5.32 Å². The first-order chi connectivity index (χ1) is 6.75. The monoisotopic (exact) mass is 190 g/mol. The van der Waals surface area contributed by atoms with Crippen LogP contribution in [0.5, 0.6) is 0 Å². The summed E-state index contributed by atoms with van der Waals surface area (Å²) >= 11 is 0. The van der Waals surface area contributed by atoms with Gasteiger partial charge in [-0.05, 0) is 24.5 Å². The predicted octanol–water partition coefficient (Wildman–Crippen LogP) is 1.07.